The minimum atomic E-state index is -3.60. The van der Waals surface area contributed by atoms with Gasteiger partial charge in [0.1, 0.15) is 24.0 Å². The van der Waals surface area contributed by atoms with Gasteiger partial charge in [-0.05, 0) is 12.5 Å². The van der Waals surface area contributed by atoms with Crippen molar-refractivity contribution in [2.75, 3.05) is 26.9 Å². The molecular formula is C15H20N4O6P2S2. The summed E-state index contributed by atoms with van der Waals surface area (Å²) >= 11 is 8.21. The molecule has 14 heteroatoms. The van der Waals surface area contributed by atoms with Gasteiger partial charge in [-0.2, -0.15) is 5.26 Å². The monoisotopic (exact) mass is 478 g/mol. The van der Waals surface area contributed by atoms with E-state index in [4.69, 9.17) is 28.1 Å². The number of nitriles is 1. The molecule has 158 valence electrons. The molecule has 10 nitrogen and oxygen atoms in total. The van der Waals surface area contributed by atoms with E-state index in [-0.39, 0.29) is 19.3 Å². The first-order chi connectivity index (χ1) is 13.9. The normalized spacial score (nSPS) is 19.9. The van der Waals surface area contributed by atoms with Crippen LogP contribution in [0.25, 0.3) is 11.2 Å². The molecule has 1 fully saturated rings. The van der Waals surface area contributed by atoms with Crippen molar-refractivity contribution in [3.8, 4) is 6.07 Å². The maximum atomic E-state index is 12.5. The van der Waals surface area contributed by atoms with Crippen molar-refractivity contribution >= 4 is 50.0 Å². The van der Waals surface area contributed by atoms with E-state index < -0.39 is 14.4 Å². The fourth-order valence-electron chi connectivity index (χ4n) is 2.68. The van der Waals surface area contributed by atoms with E-state index in [1.807, 2.05) is 6.07 Å². The van der Waals surface area contributed by atoms with E-state index in [2.05, 4.69) is 34.5 Å². The average Bonchev–Trinajstić information content (AvgIpc) is 3.33. The Bertz CT molecular complexity index is 933. The molecular weight excluding hydrogens is 458 g/mol. The molecule has 3 unspecified atom stereocenters. The molecule has 1 aliphatic heterocycles. The maximum absolute atomic E-state index is 12.5. The second-order valence-corrected chi connectivity index (χ2v) is 10.9. The lowest BCUT2D eigenvalue weighted by Crippen LogP contribution is -2.12. The Morgan fingerprint density at radius 2 is 2.38 bits per heavy atom. The number of aromatic nitrogens is 3. The summed E-state index contributed by atoms with van der Waals surface area (Å²) in [5, 5.41) is 9.09. The number of nitrogens with zero attached hydrogens (tertiary/aromatic N) is 4. The van der Waals surface area contributed by atoms with Crippen molar-refractivity contribution in [2.45, 2.75) is 25.7 Å². The van der Waals surface area contributed by atoms with Crippen molar-refractivity contribution in [3.63, 3.8) is 0 Å². The van der Waals surface area contributed by atoms with E-state index in [9.17, 15) is 4.57 Å². The minimum absolute atomic E-state index is 0.119. The van der Waals surface area contributed by atoms with Gasteiger partial charge in [-0.3, -0.25) is 9.05 Å². The molecule has 0 amide bonds. The van der Waals surface area contributed by atoms with Crippen LogP contribution < -0.4 is 0 Å². The summed E-state index contributed by atoms with van der Waals surface area (Å²) in [6.45, 7) is -2.14. The first-order valence-corrected chi connectivity index (χ1v) is 13.6. The van der Waals surface area contributed by atoms with Gasteiger partial charge < -0.3 is 18.4 Å². The Balaban J connectivity index is 1.76. The molecule has 1 saturated heterocycles. The van der Waals surface area contributed by atoms with Crippen LogP contribution in [0.1, 0.15) is 17.8 Å². The number of thiol groups is 2. The molecule has 0 radical (unpaired) electrons. The Morgan fingerprint density at radius 1 is 1.55 bits per heavy atom. The predicted molar refractivity (Wildman–Crippen MR) is 113 cm³/mol. The first kappa shape index (κ1) is 22.9. The van der Waals surface area contributed by atoms with E-state index >= 15 is 0 Å². The lowest BCUT2D eigenvalue weighted by atomic mass is 10.3. The number of fused-ring (bicyclic) bond motifs is 1. The Kier molecular flexibility index (Phi) is 8.33. The summed E-state index contributed by atoms with van der Waals surface area (Å²) in [5.74, 6) is 0.452. The van der Waals surface area contributed by atoms with Crippen molar-refractivity contribution in [2.24, 2.45) is 0 Å². The maximum Gasteiger partial charge on any atom is 0.386 e. The zero-order valence-corrected chi connectivity index (χ0v) is 19.1. The molecule has 2 aromatic rings. The molecule has 0 N–H and O–H groups in total. The van der Waals surface area contributed by atoms with Crippen LogP contribution in [-0.2, 0) is 40.5 Å². The number of imidazole rings is 1. The second kappa shape index (κ2) is 10.5. The van der Waals surface area contributed by atoms with Gasteiger partial charge in [0.15, 0.2) is 5.65 Å². The molecule has 29 heavy (non-hydrogen) atoms. The largest absolute Gasteiger partial charge is 0.386 e. The Morgan fingerprint density at radius 3 is 3.07 bits per heavy atom. The van der Waals surface area contributed by atoms with Crippen LogP contribution >= 0.6 is 38.9 Å². The van der Waals surface area contributed by atoms with Gasteiger partial charge in [-0.15, -0.1) is 0 Å². The van der Waals surface area contributed by atoms with Crippen LogP contribution in [0.5, 0.6) is 0 Å². The summed E-state index contributed by atoms with van der Waals surface area (Å²) < 4.78 is 40.8. The second-order valence-electron chi connectivity index (χ2n) is 5.94. The third kappa shape index (κ3) is 6.37. The fourth-order valence-corrected chi connectivity index (χ4v) is 4.73. The van der Waals surface area contributed by atoms with Crippen molar-refractivity contribution in [3.05, 3.63) is 23.7 Å². The minimum Gasteiger partial charge on any atom is -0.379 e. The summed E-state index contributed by atoms with van der Waals surface area (Å²) in [6.07, 6.45) is 1.78. The molecule has 3 rings (SSSR count). The standard InChI is InChI=1S/C15H20N4O6P2S2/c1-21-26(28)23-5-3-19-14(18-13-6-11(7-16)8-17-15(13)19)10-24-27(20,29)25-12-2-4-22-9-12/h6,8,12,28H,2-5,9-10H2,1H3,(H,20,29). The van der Waals surface area contributed by atoms with E-state index in [1.165, 1.54) is 13.3 Å². The quantitative estimate of drug-likeness (QED) is 0.391. The van der Waals surface area contributed by atoms with Crippen LogP contribution in [0.15, 0.2) is 12.3 Å². The van der Waals surface area contributed by atoms with Gasteiger partial charge >= 0.3 is 6.80 Å². The number of hydrogen-bond donors (Lipinski definition) is 2. The summed E-state index contributed by atoms with van der Waals surface area (Å²) in [7, 11) is 0.231. The van der Waals surface area contributed by atoms with Gasteiger partial charge in [0.25, 0.3) is 0 Å². The highest BCUT2D eigenvalue weighted by Crippen LogP contribution is 2.55. The van der Waals surface area contributed by atoms with E-state index in [0.717, 1.165) is 0 Å². The van der Waals surface area contributed by atoms with Crippen molar-refractivity contribution < 1.29 is 27.4 Å². The molecule has 3 heterocycles. The van der Waals surface area contributed by atoms with Crippen LogP contribution in [0, 0.1) is 11.3 Å². The highest BCUT2D eigenvalue weighted by molar-refractivity contribution is 8.44. The molecule has 0 aliphatic carbocycles. The number of pyridine rings is 1. The Hall–Kier alpha value is -0.730. The third-order valence-corrected chi connectivity index (χ3v) is 7.19. The topological polar surface area (TPSA) is 118 Å². The smallest absolute Gasteiger partial charge is 0.379 e. The first-order valence-electron chi connectivity index (χ1n) is 8.56. The highest BCUT2D eigenvalue weighted by Gasteiger charge is 2.28. The van der Waals surface area contributed by atoms with Crippen LogP contribution in [0.2, 0.25) is 0 Å². The fraction of sp³-hybridized carbons (Fsp3) is 0.533. The predicted octanol–water partition coefficient (Wildman–Crippen LogP) is 3.48. The van der Waals surface area contributed by atoms with Gasteiger partial charge in [0.2, 0.25) is 7.58 Å². The zero-order chi connectivity index (χ0) is 20.9. The van der Waals surface area contributed by atoms with Crippen molar-refractivity contribution in [1.82, 2.24) is 14.5 Å². The zero-order valence-electron chi connectivity index (χ0n) is 15.5. The lowest BCUT2D eigenvalue weighted by molar-refractivity contribution is 0.122. The molecule has 0 aromatic carbocycles. The summed E-state index contributed by atoms with van der Waals surface area (Å²) in [4.78, 5) is 8.77. The van der Waals surface area contributed by atoms with Gasteiger partial charge in [-0.1, -0.05) is 24.5 Å². The molecule has 0 bridgehead atoms. The molecule has 3 atom stereocenters. The van der Waals surface area contributed by atoms with Gasteiger partial charge in [-0.25, -0.2) is 14.5 Å². The Labute approximate surface area is 179 Å². The molecule has 1 aliphatic rings. The van der Waals surface area contributed by atoms with Crippen LogP contribution in [0.3, 0.4) is 0 Å². The van der Waals surface area contributed by atoms with Crippen molar-refractivity contribution in [1.29, 1.82) is 5.26 Å². The van der Waals surface area contributed by atoms with E-state index in [0.29, 0.717) is 48.7 Å². The SMILES string of the molecule is COP(S)OCCn1c(COP(=O)(S)OC2CCOC2)nc2cc(C#N)cnc21. The average molecular weight is 478 g/mol. The van der Waals surface area contributed by atoms with Crippen LogP contribution in [-0.4, -0.2) is 47.6 Å². The molecule has 2 aromatic heterocycles. The summed E-state index contributed by atoms with van der Waals surface area (Å²) in [6, 6.07) is 3.65. The number of hydrogen-bond acceptors (Lipinski definition) is 10. The third-order valence-electron chi connectivity index (χ3n) is 3.99. The van der Waals surface area contributed by atoms with Crippen LogP contribution in [0.4, 0.5) is 0 Å². The molecule has 0 spiro atoms. The highest BCUT2D eigenvalue weighted by atomic mass is 32.7. The van der Waals surface area contributed by atoms with Gasteiger partial charge in [0.05, 0.1) is 24.9 Å². The number of ether oxygens (including phenoxy) is 1. The van der Waals surface area contributed by atoms with Gasteiger partial charge in [0, 0.05) is 26.5 Å². The number of rotatable bonds is 10. The lowest BCUT2D eigenvalue weighted by Gasteiger charge is -2.17. The van der Waals surface area contributed by atoms with E-state index in [1.54, 1.807) is 10.6 Å². The molecule has 0 saturated carbocycles. The summed E-state index contributed by atoms with van der Waals surface area (Å²) in [5.41, 5.74) is 1.45.